The second-order valence-electron chi connectivity index (χ2n) is 3.86. The molecule has 0 heterocycles. The first kappa shape index (κ1) is 12.5. The van der Waals surface area contributed by atoms with Crippen LogP contribution in [0.15, 0.2) is 24.3 Å². The maximum absolute atomic E-state index is 10.8. The number of carbonyl (C=O) groups excluding carboxylic acids is 1. The summed E-state index contributed by atoms with van der Waals surface area (Å²) < 4.78 is 10.4. The highest BCUT2D eigenvalue weighted by Gasteiger charge is 2.58. The smallest absolute Gasteiger partial charge is 0.404 e. The van der Waals surface area contributed by atoms with Crippen molar-refractivity contribution in [2.75, 3.05) is 6.61 Å². The van der Waals surface area contributed by atoms with Crippen molar-refractivity contribution in [1.82, 2.24) is 0 Å². The van der Waals surface area contributed by atoms with Crippen LogP contribution in [0.2, 0.25) is 0 Å². The molecule has 0 N–H and O–H groups in total. The molecule has 1 fully saturated rings. The molecular formula is C12H12Cl2O3. The van der Waals surface area contributed by atoms with Crippen molar-refractivity contribution < 1.29 is 14.3 Å². The molecule has 5 heteroatoms. The van der Waals surface area contributed by atoms with Crippen molar-refractivity contribution in [3.8, 4) is 5.75 Å². The van der Waals surface area contributed by atoms with Gasteiger partial charge in [-0.3, -0.25) is 0 Å². The van der Waals surface area contributed by atoms with E-state index in [-0.39, 0.29) is 5.38 Å². The summed E-state index contributed by atoms with van der Waals surface area (Å²) in [6.45, 7) is 2.53. The van der Waals surface area contributed by atoms with Crippen molar-refractivity contribution in [3.05, 3.63) is 29.8 Å². The van der Waals surface area contributed by atoms with Gasteiger partial charge in [-0.05, 0) is 24.6 Å². The maximum atomic E-state index is 10.8. The van der Waals surface area contributed by atoms with E-state index in [2.05, 4.69) is 0 Å². The molecule has 1 saturated carbocycles. The molecule has 2 atom stereocenters. The standard InChI is InChI=1S/C12H12Cl2O3/c1-2-16-9-5-3-8(4-6-9)12(7-10(12)13)17-11(14)15/h3-6,10H,2,7H2,1H3. The van der Waals surface area contributed by atoms with E-state index in [1.54, 1.807) is 0 Å². The third-order valence-electron chi connectivity index (χ3n) is 2.74. The molecule has 0 saturated heterocycles. The molecule has 0 radical (unpaired) electrons. The molecule has 3 nitrogen and oxygen atoms in total. The zero-order chi connectivity index (χ0) is 12.5. The third kappa shape index (κ3) is 2.50. The number of halogens is 2. The topological polar surface area (TPSA) is 35.5 Å². The molecule has 0 aliphatic heterocycles. The number of hydrogen-bond donors (Lipinski definition) is 0. The Bertz CT molecular complexity index is 418. The zero-order valence-electron chi connectivity index (χ0n) is 9.28. The summed E-state index contributed by atoms with van der Waals surface area (Å²) in [5.41, 5.74) is -0.748. The van der Waals surface area contributed by atoms with Crippen LogP contribution in [0.1, 0.15) is 18.9 Å². The number of carbonyl (C=O) groups is 1. The van der Waals surface area contributed by atoms with Gasteiger partial charge in [-0.25, -0.2) is 4.79 Å². The van der Waals surface area contributed by atoms with Gasteiger partial charge in [-0.1, -0.05) is 12.1 Å². The second-order valence-corrected chi connectivity index (χ2v) is 4.69. The molecule has 17 heavy (non-hydrogen) atoms. The molecular weight excluding hydrogens is 263 g/mol. The van der Waals surface area contributed by atoms with Crippen molar-refractivity contribution in [3.63, 3.8) is 0 Å². The van der Waals surface area contributed by atoms with Crippen LogP contribution in [0.4, 0.5) is 4.79 Å². The Morgan fingerprint density at radius 2 is 2.06 bits per heavy atom. The summed E-state index contributed by atoms with van der Waals surface area (Å²) in [5.74, 6) is 0.773. The van der Waals surface area contributed by atoms with Crippen molar-refractivity contribution in [2.24, 2.45) is 0 Å². The normalized spacial score (nSPS) is 26.4. The summed E-state index contributed by atoms with van der Waals surface area (Å²) in [5, 5.41) is -0.219. The van der Waals surface area contributed by atoms with Crippen LogP contribution in [0, 0.1) is 0 Å². The lowest BCUT2D eigenvalue weighted by Gasteiger charge is -2.16. The van der Waals surface area contributed by atoms with E-state index in [9.17, 15) is 4.79 Å². The molecule has 0 spiro atoms. The molecule has 0 bridgehead atoms. The van der Waals surface area contributed by atoms with E-state index < -0.39 is 11.0 Å². The molecule has 1 aromatic carbocycles. The Morgan fingerprint density at radius 3 is 2.47 bits per heavy atom. The van der Waals surface area contributed by atoms with E-state index in [0.29, 0.717) is 13.0 Å². The van der Waals surface area contributed by atoms with Gasteiger partial charge in [-0.2, -0.15) is 0 Å². The third-order valence-corrected chi connectivity index (χ3v) is 3.33. The van der Waals surface area contributed by atoms with Gasteiger partial charge in [0.2, 0.25) is 0 Å². The van der Waals surface area contributed by atoms with Gasteiger partial charge in [0.05, 0.1) is 12.0 Å². The number of benzene rings is 1. The van der Waals surface area contributed by atoms with Gasteiger partial charge in [0, 0.05) is 18.0 Å². The van der Waals surface area contributed by atoms with Crippen LogP contribution in [-0.2, 0) is 10.3 Å². The van der Waals surface area contributed by atoms with Crippen LogP contribution in [-0.4, -0.2) is 17.4 Å². The Morgan fingerprint density at radius 1 is 1.47 bits per heavy atom. The van der Waals surface area contributed by atoms with Crippen LogP contribution in [0.5, 0.6) is 5.75 Å². The second kappa shape index (κ2) is 4.75. The zero-order valence-corrected chi connectivity index (χ0v) is 10.8. The lowest BCUT2D eigenvalue weighted by atomic mass is 10.1. The average molecular weight is 275 g/mol. The van der Waals surface area contributed by atoms with E-state index in [1.165, 1.54) is 0 Å². The summed E-state index contributed by atoms with van der Waals surface area (Å²) in [7, 11) is 0. The van der Waals surface area contributed by atoms with Crippen LogP contribution < -0.4 is 4.74 Å². The molecule has 1 aromatic rings. The summed E-state index contributed by atoms with van der Waals surface area (Å²) in [6.07, 6.45) is 0.584. The van der Waals surface area contributed by atoms with Crippen molar-refractivity contribution in [1.29, 1.82) is 0 Å². The first-order valence-corrected chi connectivity index (χ1v) is 6.16. The highest BCUT2D eigenvalue weighted by molar-refractivity contribution is 6.61. The Kier molecular flexibility index (Phi) is 3.50. The molecule has 0 amide bonds. The maximum Gasteiger partial charge on any atom is 0.404 e. The fraction of sp³-hybridized carbons (Fsp3) is 0.417. The van der Waals surface area contributed by atoms with E-state index in [4.69, 9.17) is 32.7 Å². The lowest BCUT2D eigenvalue weighted by Crippen LogP contribution is -2.16. The highest BCUT2D eigenvalue weighted by Crippen LogP contribution is 2.53. The number of rotatable bonds is 4. The van der Waals surface area contributed by atoms with Crippen LogP contribution in [0.25, 0.3) is 0 Å². The van der Waals surface area contributed by atoms with Crippen LogP contribution >= 0.6 is 23.2 Å². The minimum absolute atomic E-state index is 0.219. The summed E-state index contributed by atoms with van der Waals surface area (Å²) in [4.78, 5) is 10.8. The summed E-state index contributed by atoms with van der Waals surface area (Å²) >= 11 is 11.3. The predicted molar refractivity (Wildman–Crippen MR) is 65.9 cm³/mol. The van der Waals surface area contributed by atoms with Gasteiger partial charge in [-0.15, -0.1) is 11.6 Å². The Hall–Kier alpha value is -0.930. The largest absolute Gasteiger partial charge is 0.494 e. The summed E-state index contributed by atoms with van der Waals surface area (Å²) in [6, 6.07) is 7.33. The highest BCUT2D eigenvalue weighted by atomic mass is 35.5. The molecule has 0 aromatic heterocycles. The van der Waals surface area contributed by atoms with Crippen LogP contribution in [0.3, 0.4) is 0 Å². The van der Waals surface area contributed by atoms with Gasteiger partial charge < -0.3 is 9.47 Å². The number of ether oxygens (including phenoxy) is 2. The minimum Gasteiger partial charge on any atom is -0.494 e. The van der Waals surface area contributed by atoms with Crippen molar-refractivity contribution in [2.45, 2.75) is 24.3 Å². The lowest BCUT2D eigenvalue weighted by molar-refractivity contribution is 0.105. The van der Waals surface area contributed by atoms with Gasteiger partial charge in [0.1, 0.15) is 5.75 Å². The van der Waals surface area contributed by atoms with E-state index >= 15 is 0 Å². The molecule has 1 aliphatic carbocycles. The fourth-order valence-electron chi connectivity index (χ4n) is 1.81. The van der Waals surface area contributed by atoms with E-state index in [0.717, 1.165) is 11.3 Å². The molecule has 2 rings (SSSR count). The molecule has 92 valence electrons. The van der Waals surface area contributed by atoms with Gasteiger partial charge >= 0.3 is 5.43 Å². The SMILES string of the molecule is CCOc1ccc(C2(OC(=O)Cl)CC2Cl)cc1. The van der Waals surface area contributed by atoms with E-state index in [1.807, 2.05) is 31.2 Å². The average Bonchev–Trinajstić information content (AvgIpc) is 2.90. The number of alkyl halides is 1. The van der Waals surface area contributed by atoms with Gasteiger partial charge in [0.15, 0.2) is 5.60 Å². The number of hydrogen-bond acceptors (Lipinski definition) is 3. The molecule has 1 aliphatic rings. The fourth-order valence-corrected chi connectivity index (χ4v) is 2.35. The quantitative estimate of drug-likeness (QED) is 0.621. The molecule has 2 unspecified atom stereocenters. The minimum atomic E-state index is -0.831. The van der Waals surface area contributed by atoms with Crippen molar-refractivity contribution >= 4 is 28.6 Å². The first-order valence-electron chi connectivity index (χ1n) is 5.34. The predicted octanol–water partition coefficient (Wildman–Crippen LogP) is 3.67. The Labute approximate surface area is 110 Å². The Balaban J connectivity index is 2.18. The first-order chi connectivity index (χ1) is 8.08. The monoisotopic (exact) mass is 274 g/mol. The van der Waals surface area contributed by atoms with Gasteiger partial charge in [0.25, 0.3) is 0 Å².